The first-order valence-electron chi connectivity index (χ1n) is 7.05. The topological polar surface area (TPSA) is 88.2 Å². The van der Waals surface area contributed by atoms with Gasteiger partial charge in [0.1, 0.15) is 11.6 Å². The Hall–Kier alpha value is -3.34. The summed E-state index contributed by atoms with van der Waals surface area (Å²) in [5.41, 5.74) is 7.93. The van der Waals surface area contributed by atoms with Gasteiger partial charge in [-0.05, 0) is 47.5 Å². The van der Waals surface area contributed by atoms with E-state index in [4.69, 9.17) is 5.73 Å². The number of hydrogen-bond donors (Lipinski definition) is 3. The second-order valence-electron chi connectivity index (χ2n) is 5.02. The van der Waals surface area contributed by atoms with E-state index in [1.54, 1.807) is 18.3 Å². The van der Waals surface area contributed by atoms with Crippen LogP contribution in [0.2, 0.25) is 0 Å². The number of anilines is 2. The second-order valence-corrected chi connectivity index (χ2v) is 5.02. The predicted octanol–water partition coefficient (Wildman–Crippen LogP) is 3.30. The van der Waals surface area contributed by atoms with E-state index in [0.29, 0.717) is 5.82 Å². The van der Waals surface area contributed by atoms with Crippen molar-refractivity contribution in [2.45, 2.75) is 0 Å². The van der Waals surface area contributed by atoms with Crippen LogP contribution in [0.25, 0.3) is 11.1 Å². The molecule has 0 aliphatic rings. The van der Waals surface area contributed by atoms with Gasteiger partial charge in [0, 0.05) is 11.9 Å². The van der Waals surface area contributed by atoms with E-state index in [1.807, 2.05) is 42.5 Å². The zero-order chi connectivity index (χ0) is 16.2. The molecule has 0 saturated carbocycles. The minimum atomic E-state index is -0.666. The van der Waals surface area contributed by atoms with Gasteiger partial charge in [-0.15, -0.1) is 0 Å². The highest BCUT2D eigenvalue weighted by molar-refractivity contribution is 5.97. The fourth-order valence-corrected chi connectivity index (χ4v) is 2.26. The third-order valence-corrected chi connectivity index (χ3v) is 3.40. The number of nitrogens with zero attached hydrogens (tertiary/aromatic N) is 1. The van der Waals surface area contributed by atoms with Crippen LogP contribution in [0.15, 0.2) is 66.9 Å². The number of phenols is 1. The number of aromatic nitrogens is 1. The number of carbonyl (C=O) groups excluding carboxylic acids is 1. The maximum absolute atomic E-state index is 11.4. The van der Waals surface area contributed by atoms with Gasteiger partial charge < -0.3 is 16.2 Å². The van der Waals surface area contributed by atoms with Crippen LogP contribution in [0, 0.1) is 0 Å². The van der Waals surface area contributed by atoms with Crippen LogP contribution < -0.4 is 11.1 Å². The number of para-hydroxylation sites is 1. The van der Waals surface area contributed by atoms with Crippen molar-refractivity contribution in [3.8, 4) is 16.9 Å². The molecule has 0 unspecified atom stereocenters. The molecule has 3 aromatic rings. The molecule has 1 heterocycles. The van der Waals surface area contributed by atoms with Gasteiger partial charge in [-0.25, -0.2) is 4.98 Å². The highest BCUT2D eigenvalue weighted by Gasteiger charge is 2.10. The van der Waals surface area contributed by atoms with Crippen LogP contribution in [0.5, 0.6) is 5.75 Å². The van der Waals surface area contributed by atoms with Crippen molar-refractivity contribution in [2.24, 2.45) is 5.73 Å². The summed E-state index contributed by atoms with van der Waals surface area (Å²) in [5.74, 6) is -0.110. The van der Waals surface area contributed by atoms with E-state index >= 15 is 0 Å². The summed E-state index contributed by atoms with van der Waals surface area (Å²) < 4.78 is 0. The number of benzene rings is 2. The first-order valence-corrected chi connectivity index (χ1v) is 7.05. The smallest absolute Gasteiger partial charge is 0.252 e. The number of primary amides is 1. The fraction of sp³-hybridized carbons (Fsp3) is 0. The fourth-order valence-electron chi connectivity index (χ4n) is 2.26. The van der Waals surface area contributed by atoms with Crippen molar-refractivity contribution < 1.29 is 9.90 Å². The van der Waals surface area contributed by atoms with E-state index in [1.165, 1.54) is 6.07 Å². The van der Waals surface area contributed by atoms with E-state index in [0.717, 1.165) is 16.8 Å². The van der Waals surface area contributed by atoms with Crippen molar-refractivity contribution in [1.29, 1.82) is 0 Å². The molecule has 4 N–H and O–H groups in total. The van der Waals surface area contributed by atoms with Crippen molar-refractivity contribution >= 4 is 17.4 Å². The number of nitrogens with two attached hydrogens (primary N) is 1. The number of amides is 1. The van der Waals surface area contributed by atoms with Crippen molar-refractivity contribution in [2.75, 3.05) is 5.32 Å². The molecule has 1 aromatic heterocycles. The van der Waals surface area contributed by atoms with E-state index < -0.39 is 5.91 Å². The molecule has 5 heteroatoms. The molecule has 114 valence electrons. The van der Waals surface area contributed by atoms with Crippen molar-refractivity contribution in [3.63, 3.8) is 0 Å². The summed E-state index contributed by atoms with van der Waals surface area (Å²) in [7, 11) is 0. The molecular formula is C18H15N3O2. The Morgan fingerprint density at radius 3 is 2.48 bits per heavy atom. The number of carbonyl (C=O) groups is 1. The van der Waals surface area contributed by atoms with Crippen LogP contribution in [-0.4, -0.2) is 16.0 Å². The summed E-state index contributed by atoms with van der Waals surface area (Å²) in [6.45, 7) is 0. The normalized spacial score (nSPS) is 10.3. The SMILES string of the molecule is NC(=O)c1cc(-c2ccnc(Nc3ccccc3)c2)ccc1O. The number of hydrogen-bond acceptors (Lipinski definition) is 4. The lowest BCUT2D eigenvalue weighted by molar-refractivity contribution is 0.0998. The highest BCUT2D eigenvalue weighted by atomic mass is 16.3. The molecule has 0 bridgehead atoms. The van der Waals surface area contributed by atoms with Crippen molar-refractivity contribution in [1.82, 2.24) is 4.98 Å². The van der Waals surface area contributed by atoms with Gasteiger partial charge in [-0.1, -0.05) is 24.3 Å². The van der Waals surface area contributed by atoms with E-state index in [2.05, 4.69) is 10.3 Å². The molecule has 0 spiro atoms. The Labute approximate surface area is 133 Å². The van der Waals surface area contributed by atoms with Gasteiger partial charge in [-0.3, -0.25) is 4.79 Å². The van der Waals surface area contributed by atoms with E-state index in [-0.39, 0.29) is 11.3 Å². The summed E-state index contributed by atoms with van der Waals surface area (Å²) >= 11 is 0. The Morgan fingerprint density at radius 1 is 1.00 bits per heavy atom. The summed E-state index contributed by atoms with van der Waals surface area (Å²) in [6.07, 6.45) is 1.68. The first-order chi connectivity index (χ1) is 11.1. The molecule has 23 heavy (non-hydrogen) atoms. The third-order valence-electron chi connectivity index (χ3n) is 3.40. The Bertz CT molecular complexity index is 848. The molecule has 2 aromatic carbocycles. The number of rotatable bonds is 4. The standard InChI is InChI=1S/C18H15N3O2/c19-18(23)15-10-12(6-7-16(15)22)13-8-9-20-17(11-13)21-14-4-2-1-3-5-14/h1-11,22H,(H2,19,23)(H,20,21). The first kappa shape index (κ1) is 14.6. The summed E-state index contributed by atoms with van der Waals surface area (Å²) in [5, 5.41) is 12.9. The molecule has 0 aliphatic carbocycles. The van der Waals surface area contributed by atoms with Gasteiger partial charge in [0.2, 0.25) is 0 Å². The molecule has 0 radical (unpaired) electrons. The lowest BCUT2D eigenvalue weighted by Gasteiger charge is -2.09. The van der Waals surface area contributed by atoms with Gasteiger partial charge in [-0.2, -0.15) is 0 Å². The molecule has 0 fully saturated rings. The molecule has 0 saturated heterocycles. The van der Waals surface area contributed by atoms with Crippen LogP contribution >= 0.6 is 0 Å². The lowest BCUT2D eigenvalue weighted by Crippen LogP contribution is -2.11. The van der Waals surface area contributed by atoms with Crippen LogP contribution in [-0.2, 0) is 0 Å². The maximum atomic E-state index is 11.4. The number of pyridine rings is 1. The van der Waals surface area contributed by atoms with Gasteiger partial charge in [0.15, 0.2) is 0 Å². The molecule has 0 aliphatic heterocycles. The molecule has 0 atom stereocenters. The molecular weight excluding hydrogens is 290 g/mol. The number of aromatic hydroxyl groups is 1. The van der Waals surface area contributed by atoms with Gasteiger partial charge >= 0.3 is 0 Å². The monoisotopic (exact) mass is 305 g/mol. The van der Waals surface area contributed by atoms with Gasteiger partial charge in [0.05, 0.1) is 5.56 Å². The third kappa shape index (κ3) is 3.29. The average Bonchev–Trinajstić information content (AvgIpc) is 2.56. The minimum Gasteiger partial charge on any atom is -0.507 e. The zero-order valence-corrected chi connectivity index (χ0v) is 12.2. The molecule has 5 nitrogen and oxygen atoms in total. The molecule has 1 amide bonds. The van der Waals surface area contributed by atoms with Crippen LogP contribution in [0.1, 0.15) is 10.4 Å². The zero-order valence-electron chi connectivity index (χ0n) is 12.2. The second kappa shape index (κ2) is 6.19. The highest BCUT2D eigenvalue weighted by Crippen LogP contribution is 2.27. The average molecular weight is 305 g/mol. The Kier molecular flexibility index (Phi) is 3.93. The summed E-state index contributed by atoms with van der Waals surface area (Å²) in [6, 6.07) is 18.1. The maximum Gasteiger partial charge on any atom is 0.252 e. The van der Waals surface area contributed by atoms with E-state index in [9.17, 15) is 9.90 Å². The van der Waals surface area contributed by atoms with Crippen molar-refractivity contribution in [3.05, 3.63) is 72.4 Å². The Balaban J connectivity index is 1.94. The van der Waals surface area contributed by atoms with Gasteiger partial charge in [0.25, 0.3) is 5.91 Å². The molecule has 3 rings (SSSR count). The number of nitrogens with one attached hydrogen (secondary N) is 1. The predicted molar refractivity (Wildman–Crippen MR) is 89.6 cm³/mol. The quantitative estimate of drug-likeness (QED) is 0.690. The summed E-state index contributed by atoms with van der Waals surface area (Å²) in [4.78, 5) is 15.6. The minimum absolute atomic E-state index is 0.0943. The largest absolute Gasteiger partial charge is 0.507 e. The lowest BCUT2D eigenvalue weighted by atomic mass is 10.0. The Morgan fingerprint density at radius 2 is 1.74 bits per heavy atom. The van der Waals surface area contributed by atoms with Crippen LogP contribution in [0.3, 0.4) is 0 Å². The van der Waals surface area contributed by atoms with Crippen LogP contribution in [0.4, 0.5) is 11.5 Å².